The Morgan fingerprint density at radius 1 is 1.00 bits per heavy atom. The van der Waals surface area contributed by atoms with Gasteiger partial charge in [-0.05, 0) is 53.7 Å². The molecule has 2 amide bonds. The number of pyridine rings is 1. The highest BCUT2D eigenvalue weighted by atomic mass is 35.5. The number of ether oxygens (including phenoxy) is 1. The summed E-state index contributed by atoms with van der Waals surface area (Å²) < 4.78 is 35.4. The predicted octanol–water partition coefficient (Wildman–Crippen LogP) is 5.48. The van der Waals surface area contributed by atoms with E-state index in [1.54, 1.807) is 12.1 Å². The maximum Gasteiger partial charge on any atom is 0.319 e. The van der Waals surface area contributed by atoms with E-state index in [0.717, 1.165) is 33.1 Å². The zero-order valence-corrected chi connectivity index (χ0v) is 21.6. The average Bonchev–Trinajstić information content (AvgIpc) is 2.87. The number of nitrogens with one attached hydrogen (secondary N) is 2. The van der Waals surface area contributed by atoms with Crippen molar-refractivity contribution in [2.45, 2.75) is 20.1 Å². The molecule has 0 bridgehead atoms. The molecule has 10 heteroatoms. The lowest BCUT2D eigenvalue weighted by atomic mass is 10.1. The first-order valence-corrected chi connectivity index (χ1v) is 12.2. The van der Waals surface area contributed by atoms with Crippen molar-refractivity contribution in [1.29, 1.82) is 0 Å². The van der Waals surface area contributed by atoms with E-state index in [0.29, 0.717) is 5.69 Å². The lowest BCUT2D eigenvalue weighted by molar-refractivity contribution is 0.251. The number of hydrogen-bond acceptors (Lipinski definition) is 3. The standard InChI is InChI=1S/C27H23ClF2N3O3P/c1-16-12-23(24(28)26(34)33(16)25-21(29)8-5-9-22(25)30)36-15-17-10-11-20(37)13-18(17)14-31-27(35)32-19-6-3-2-4-7-19/h2-13H,14-15,37H2,1H3,(H2,31,32,35). The molecule has 2 N–H and O–H groups in total. The summed E-state index contributed by atoms with van der Waals surface area (Å²) in [5.41, 5.74) is 1.15. The minimum Gasteiger partial charge on any atom is -0.487 e. The quantitative estimate of drug-likeness (QED) is 0.304. The van der Waals surface area contributed by atoms with Crippen molar-refractivity contribution in [3.8, 4) is 11.4 Å². The molecule has 190 valence electrons. The number of rotatable bonds is 7. The van der Waals surface area contributed by atoms with Crippen LogP contribution < -0.4 is 26.2 Å². The molecule has 1 heterocycles. The van der Waals surface area contributed by atoms with Crippen LogP contribution in [-0.2, 0) is 13.2 Å². The summed E-state index contributed by atoms with van der Waals surface area (Å²) in [5.74, 6) is -1.70. The molecule has 1 unspecified atom stereocenters. The van der Waals surface area contributed by atoms with Gasteiger partial charge in [0, 0.05) is 24.0 Å². The second-order valence-corrected chi connectivity index (χ2v) is 9.21. The summed E-state index contributed by atoms with van der Waals surface area (Å²) in [6, 6.07) is 19.1. The molecule has 0 radical (unpaired) electrons. The molecule has 0 spiro atoms. The molecule has 0 aliphatic rings. The van der Waals surface area contributed by atoms with Crippen molar-refractivity contribution in [2.75, 3.05) is 5.32 Å². The summed E-state index contributed by atoms with van der Waals surface area (Å²) >= 11 is 6.26. The molecule has 37 heavy (non-hydrogen) atoms. The zero-order chi connectivity index (χ0) is 26.5. The van der Waals surface area contributed by atoms with Gasteiger partial charge in [-0.2, -0.15) is 0 Å². The zero-order valence-electron chi connectivity index (χ0n) is 19.7. The van der Waals surface area contributed by atoms with Gasteiger partial charge in [-0.25, -0.2) is 13.6 Å². The van der Waals surface area contributed by atoms with E-state index in [1.165, 1.54) is 19.1 Å². The summed E-state index contributed by atoms with van der Waals surface area (Å²) in [6.07, 6.45) is 0. The number of para-hydroxylation sites is 2. The molecular formula is C27H23ClF2N3O3P. The van der Waals surface area contributed by atoms with Crippen LogP contribution in [0.15, 0.2) is 77.6 Å². The Bertz CT molecular complexity index is 1490. The van der Waals surface area contributed by atoms with Gasteiger partial charge in [-0.15, -0.1) is 9.24 Å². The highest BCUT2D eigenvalue weighted by molar-refractivity contribution is 7.27. The first-order chi connectivity index (χ1) is 17.7. The summed E-state index contributed by atoms with van der Waals surface area (Å²) in [6.45, 7) is 1.79. The maximum atomic E-state index is 14.3. The van der Waals surface area contributed by atoms with E-state index in [-0.39, 0.29) is 35.6 Å². The Balaban J connectivity index is 1.52. The monoisotopic (exact) mass is 541 g/mol. The van der Waals surface area contributed by atoms with Crippen LogP contribution in [0.3, 0.4) is 0 Å². The van der Waals surface area contributed by atoms with Crippen LogP contribution in [0.5, 0.6) is 5.75 Å². The fraction of sp³-hybridized carbons (Fsp3) is 0.111. The molecule has 1 atom stereocenters. The molecule has 4 aromatic rings. The van der Waals surface area contributed by atoms with Gasteiger partial charge in [0.15, 0.2) is 0 Å². The van der Waals surface area contributed by atoms with Crippen molar-refractivity contribution in [1.82, 2.24) is 9.88 Å². The molecule has 1 aromatic heterocycles. The molecule has 4 rings (SSSR count). The van der Waals surface area contributed by atoms with Gasteiger partial charge in [0.05, 0.1) is 0 Å². The van der Waals surface area contributed by atoms with Crippen LogP contribution in [0.2, 0.25) is 5.02 Å². The average molecular weight is 542 g/mol. The number of urea groups is 1. The third-order valence-electron chi connectivity index (χ3n) is 5.55. The number of carbonyl (C=O) groups excluding carboxylic acids is 1. The van der Waals surface area contributed by atoms with E-state index < -0.39 is 22.9 Å². The van der Waals surface area contributed by atoms with E-state index in [1.807, 2.05) is 36.4 Å². The molecule has 6 nitrogen and oxygen atoms in total. The van der Waals surface area contributed by atoms with Crippen molar-refractivity contribution in [3.05, 3.63) is 117 Å². The summed E-state index contributed by atoms with van der Waals surface area (Å²) in [5, 5.41) is 6.17. The predicted molar refractivity (Wildman–Crippen MR) is 144 cm³/mol. The third kappa shape index (κ3) is 6.16. The van der Waals surface area contributed by atoms with Crippen molar-refractivity contribution in [3.63, 3.8) is 0 Å². The first-order valence-electron chi connectivity index (χ1n) is 11.2. The Morgan fingerprint density at radius 2 is 1.70 bits per heavy atom. The summed E-state index contributed by atoms with van der Waals surface area (Å²) in [7, 11) is 2.60. The van der Waals surface area contributed by atoms with Gasteiger partial charge in [0.2, 0.25) is 0 Å². The minimum absolute atomic E-state index is 0.0406. The first kappa shape index (κ1) is 26.3. The maximum absolute atomic E-state index is 14.3. The number of hydrogen-bond donors (Lipinski definition) is 2. The van der Waals surface area contributed by atoms with Crippen molar-refractivity contribution < 1.29 is 18.3 Å². The highest BCUT2D eigenvalue weighted by Gasteiger charge is 2.19. The van der Waals surface area contributed by atoms with Crippen LogP contribution in [0, 0.1) is 18.6 Å². The second-order valence-electron chi connectivity index (χ2n) is 8.17. The lowest BCUT2D eigenvalue weighted by Gasteiger charge is -2.17. The van der Waals surface area contributed by atoms with Gasteiger partial charge in [0.1, 0.15) is 34.7 Å². The normalized spacial score (nSPS) is 10.7. The number of aryl methyl sites for hydroxylation is 1. The largest absolute Gasteiger partial charge is 0.487 e. The number of aromatic nitrogens is 1. The van der Waals surface area contributed by atoms with E-state index in [4.69, 9.17) is 16.3 Å². The van der Waals surface area contributed by atoms with Crippen LogP contribution in [0.25, 0.3) is 5.69 Å². The molecule has 0 saturated heterocycles. The number of amides is 2. The number of benzene rings is 3. The minimum atomic E-state index is -0.888. The number of nitrogens with zero attached hydrogens (tertiary/aromatic N) is 1. The molecule has 0 aliphatic heterocycles. The van der Waals surface area contributed by atoms with Crippen molar-refractivity contribution in [2.24, 2.45) is 0 Å². The van der Waals surface area contributed by atoms with Gasteiger partial charge < -0.3 is 15.4 Å². The number of anilines is 1. The van der Waals surface area contributed by atoms with Crippen LogP contribution in [0.4, 0.5) is 19.3 Å². The molecule has 0 aliphatic carbocycles. The Morgan fingerprint density at radius 3 is 2.41 bits per heavy atom. The van der Waals surface area contributed by atoms with E-state index in [9.17, 15) is 18.4 Å². The summed E-state index contributed by atoms with van der Waals surface area (Å²) in [4.78, 5) is 25.2. The van der Waals surface area contributed by atoms with E-state index >= 15 is 0 Å². The fourth-order valence-electron chi connectivity index (χ4n) is 3.75. The van der Waals surface area contributed by atoms with Gasteiger partial charge in [-0.1, -0.05) is 48.0 Å². The smallest absolute Gasteiger partial charge is 0.319 e. The Kier molecular flexibility index (Phi) is 8.21. The fourth-order valence-corrected chi connectivity index (χ4v) is 4.24. The van der Waals surface area contributed by atoms with Crippen molar-refractivity contribution >= 4 is 37.9 Å². The molecular weight excluding hydrogens is 519 g/mol. The number of halogens is 3. The molecule has 0 saturated carbocycles. The van der Waals surface area contributed by atoms with Gasteiger partial charge in [-0.3, -0.25) is 9.36 Å². The SMILES string of the molecule is Cc1cc(OCc2ccc(P)cc2CNC(=O)Nc2ccccc2)c(Cl)c(=O)n1-c1c(F)cccc1F. The Hall–Kier alpha value is -3.74. The second kappa shape index (κ2) is 11.5. The molecule has 0 fully saturated rings. The topological polar surface area (TPSA) is 72.4 Å². The van der Waals surface area contributed by atoms with Crippen LogP contribution in [-0.4, -0.2) is 10.6 Å². The van der Waals surface area contributed by atoms with Gasteiger partial charge >= 0.3 is 6.03 Å². The Labute approximate surface area is 219 Å². The van der Waals surface area contributed by atoms with E-state index in [2.05, 4.69) is 19.9 Å². The van der Waals surface area contributed by atoms with Gasteiger partial charge in [0.25, 0.3) is 5.56 Å². The number of carbonyl (C=O) groups is 1. The molecule has 3 aromatic carbocycles. The van der Waals surface area contributed by atoms with Crippen LogP contribution in [0.1, 0.15) is 16.8 Å². The van der Waals surface area contributed by atoms with Crippen LogP contribution >= 0.6 is 20.8 Å². The lowest BCUT2D eigenvalue weighted by Crippen LogP contribution is -2.29. The third-order valence-corrected chi connectivity index (χ3v) is 6.25. The highest BCUT2D eigenvalue weighted by Crippen LogP contribution is 2.26.